The van der Waals surface area contributed by atoms with Gasteiger partial charge in [-0.25, -0.2) is 4.79 Å². The normalized spacial score (nSPS) is 22.8. The number of benzene rings is 1. The standard InChI is InChI=1S/C16H24N2O2/c1-2-14-12-18(16(19)20)11-9-15(14)17-10-8-13-6-4-3-5-7-13/h3-7,14-15,17H,2,8-12H2,1H3,(H,19,20). The van der Waals surface area contributed by atoms with Crippen molar-refractivity contribution >= 4 is 6.09 Å². The van der Waals surface area contributed by atoms with Gasteiger partial charge in [-0.15, -0.1) is 0 Å². The molecule has 4 heteroatoms. The van der Waals surface area contributed by atoms with E-state index in [-0.39, 0.29) is 0 Å². The fourth-order valence-electron chi connectivity index (χ4n) is 2.93. The second-order valence-electron chi connectivity index (χ2n) is 5.48. The highest BCUT2D eigenvalue weighted by Crippen LogP contribution is 2.20. The van der Waals surface area contributed by atoms with Gasteiger partial charge >= 0.3 is 6.09 Å². The molecule has 0 radical (unpaired) electrons. The van der Waals surface area contributed by atoms with Gasteiger partial charge in [-0.1, -0.05) is 43.7 Å². The minimum Gasteiger partial charge on any atom is -0.465 e. The van der Waals surface area contributed by atoms with E-state index < -0.39 is 6.09 Å². The SMILES string of the molecule is CCC1CN(C(=O)O)CCC1NCCc1ccccc1. The van der Waals surface area contributed by atoms with E-state index in [1.54, 1.807) is 4.90 Å². The highest BCUT2D eigenvalue weighted by Gasteiger charge is 2.29. The van der Waals surface area contributed by atoms with Gasteiger partial charge in [0.05, 0.1) is 0 Å². The van der Waals surface area contributed by atoms with Crippen molar-refractivity contribution in [3.05, 3.63) is 35.9 Å². The molecule has 0 aromatic heterocycles. The Kier molecular flexibility index (Phi) is 5.41. The minimum absolute atomic E-state index is 0.427. The van der Waals surface area contributed by atoms with Crippen molar-refractivity contribution in [3.8, 4) is 0 Å². The molecule has 0 bridgehead atoms. The molecule has 1 aromatic rings. The minimum atomic E-state index is -0.786. The number of likely N-dealkylation sites (tertiary alicyclic amines) is 1. The largest absolute Gasteiger partial charge is 0.465 e. The summed E-state index contributed by atoms with van der Waals surface area (Å²) in [5, 5.41) is 12.7. The van der Waals surface area contributed by atoms with Crippen LogP contribution in [0.4, 0.5) is 4.79 Å². The van der Waals surface area contributed by atoms with Gasteiger partial charge in [-0.05, 0) is 30.9 Å². The molecule has 4 nitrogen and oxygen atoms in total. The monoisotopic (exact) mass is 276 g/mol. The number of piperidine rings is 1. The molecule has 1 aromatic carbocycles. The lowest BCUT2D eigenvalue weighted by Crippen LogP contribution is -2.50. The zero-order valence-electron chi connectivity index (χ0n) is 12.1. The Morgan fingerprint density at radius 3 is 2.80 bits per heavy atom. The van der Waals surface area contributed by atoms with E-state index in [1.807, 2.05) is 6.07 Å². The van der Waals surface area contributed by atoms with E-state index >= 15 is 0 Å². The first-order chi connectivity index (χ1) is 9.70. The van der Waals surface area contributed by atoms with E-state index in [1.165, 1.54) is 5.56 Å². The Hall–Kier alpha value is -1.55. The first kappa shape index (κ1) is 14.9. The summed E-state index contributed by atoms with van der Waals surface area (Å²) in [5.74, 6) is 0.427. The van der Waals surface area contributed by atoms with Gasteiger partial charge in [0, 0.05) is 19.1 Å². The van der Waals surface area contributed by atoms with Crippen LogP contribution in [0.15, 0.2) is 30.3 Å². The molecule has 0 aliphatic carbocycles. The van der Waals surface area contributed by atoms with Crippen molar-refractivity contribution in [2.45, 2.75) is 32.2 Å². The smallest absolute Gasteiger partial charge is 0.407 e. The Morgan fingerprint density at radius 1 is 1.40 bits per heavy atom. The lowest BCUT2D eigenvalue weighted by Gasteiger charge is -2.37. The van der Waals surface area contributed by atoms with Crippen molar-refractivity contribution in [1.82, 2.24) is 10.2 Å². The molecule has 0 spiro atoms. The zero-order valence-corrected chi connectivity index (χ0v) is 12.1. The Balaban J connectivity index is 1.79. The van der Waals surface area contributed by atoms with Crippen LogP contribution < -0.4 is 5.32 Å². The molecule has 1 heterocycles. The molecule has 0 saturated carbocycles. The van der Waals surface area contributed by atoms with Crippen molar-refractivity contribution in [1.29, 1.82) is 0 Å². The van der Waals surface area contributed by atoms with Gasteiger partial charge in [-0.2, -0.15) is 0 Å². The third-order valence-corrected chi connectivity index (χ3v) is 4.19. The predicted octanol–water partition coefficient (Wildman–Crippen LogP) is 2.60. The maximum atomic E-state index is 11.0. The molecule has 2 unspecified atom stereocenters. The highest BCUT2D eigenvalue weighted by molar-refractivity contribution is 5.65. The topological polar surface area (TPSA) is 52.6 Å². The van der Waals surface area contributed by atoms with Gasteiger partial charge in [0.1, 0.15) is 0 Å². The van der Waals surface area contributed by atoms with Crippen molar-refractivity contribution < 1.29 is 9.90 Å². The third kappa shape index (κ3) is 3.97. The van der Waals surface area contributed by atoms with E-state index in [0.29, 0.717) is 25.0 Å². The summed E-state index contributed by atoms with van der Waals surface area (Å²) in [6.45, 7) is 4.41. The fraction of sp³-hybridized carbons (Fsp3) is 0.562. The average Bonchev–Trinajstić information content (AvgIpc) is 2.48. The third-order valence-electron chi connectivity index (χ3n) is 4.19. The van der Waals surface area contributed by atoms with Crippen LogP contribution in [0.1, 0.15) is 25.3 Å². The number of nitrogens with one attached hydrogen (secondary N) is 1. The zero-order chi connectivity index (χ0) is 14.4. The molecule has 1 fully saturated rings. The summed E-state index contributed by atoms with van der Waals surface area (Å²) in [4.78, 5) is 12.6. The summed E-state index contributed by atoms with van der Waals surface area (Å²) in [7, 11) is 0. The predicted molar refractivity (Wildman–Crippen MR) is 79.9 cm³/mol. The van der Waals surface area contributed by atoms with Gasteiger partial charge in [-0.3, -0.25) is 0 Å². The van der Waals surface area contributed by atoms with Crippen molar-refractivity contribution in [2.24, 2.45) is 5.92 Å². The summed E-state index contributed by atoms with van der Waals surface area (Å²) in [5.41, 5.74) is 1.34. The van der Waals surface area contributed by atoms with Crippen molar-refractivity contribution in [2.75, 3.05) is 19.6 Å². The Morgan fingerprint density at radius 2 is 2.15 bits per heavy atom. The molecule has 1 aliphatic heterocycles. The van der Waals surface area contributed by atoms with E-state index in [2.05, 4.69) is 36.5 Å². The summed E-state index contributed by atoms with van der Waals surface area (Å²) < 4.78 is 0. The van der Waals surface area contributed by atoms with Gasteiger partial charge < -0.3 is 15.3 Å². The molecule has 1 saturated heterocycles. The van der Waals surface area contributed by atoms with Gasteiger partial charge in [0.2, 0.25) is 0 Å². The maximum Gasteiger partial charge on any atom is 0.407 e. The number of nitrogens with zero attached hydrogens (tertiary/aromatic N) is 1. The van der Waals surface area contributed by atoms with Crippen LogP contribution in [0.3, 0.4) is 0 Å². The molecular weight excluding hydrogens is 252 g/mol. The van der Waals surface area contributed by atoms with E-state index in [9.17, 15) is 4.79 Å². The van der Waals surface area contributed by atoms with Crippen LogP contribution in [-0.4, -0.2) is 41.8 Å². The number of hydrogen-bond donors (Lipinski definition) is 2. The molecule has 1 aliphatic rings. The van der Waals surface area contributed by atoms with Crippen LogP contribution in [0, 0.1) is 5.92 Å². The van der Waals surface area contributed by atoms with Crippen LogP contribution in [0.5, 0.6) is 0 Å². The molecule has 110 valence electrons. The molecule has 1 amide bonds. The number of carbonyl (C=O) groups is 1. The fourth-order valence-corrected chi connectivity index (χ4v) is 2.93. The average molecular weight is 276 g/mol. The first-order valence-electron chi connectivity index (χ1n) is 7.46. The second-order valence-corrected chi connectivity index (χ2v) is 5.48. The summed E-state index contributed by atoms with van der Waals surface area (Å²) >= 11 is 0. The van der Waals surface area contributed by atoms with Crippen LogP contribution in [0.25, 0.3) is 0 Å². The van der Waals surface area contributed by atoms with E-state index in [4.69, 9.17) is 5.11 Å². The Labute approximate surface area is 120 Å². The molecular formula is C16H24N2O2. The van der Waals surface area contributed by atoms with Gasteiger partial charge in [0.25, 0.3) is 0 Å². The van der Waals surface area contributed by atoms with E-state index in [0.717, 1.165) is 25.8 Å². The van der Waals surface area contributed by atoms with Crippen molar-refractivity contribution in [3.63, 3.8) is 0 Å². The second kappa shape index (κ2) is 7.29. The first-order valence-corrected chi connectivity index (χ1v) is 7.46. The maximum absolute atomic E-state index is 11.0. The highest BCUT2D eigenvalue weighted by atomic mass is 16.4. The number of carboxylic acid groups (broad SMARTS) is 1. The Bertz CT molecular complexity index is 422. The molecule has 20 heavy (non-hydrogen) atoms. The molecule has 2 rings (SSSR count). The van der Waals surface area contributed by atoms with Crippen LogP contribution >= 0.6 is 0 Å². The molecule has 2 atom stereocenters. The molecule has 2 N–H and O–H groups in total. The number of rotatable bonds is 5. The lowest BCUT2D eigenvalue weighted by atomic mass is 9.90. The van der Waals surface area contributed by atoms with Gasteiger partial charge in [0.15, 0.2) is 0 Å². The number of amides is 1. The van der Waals surface area contributed by atoms with Crippen LogP contribution in [0.2, 0.25) is 0 Å². The lowest BCUT2D eigenvalue weighted by molar-refractivity contribution is 0.105. The number of hydrogen-bond acceptors (Lipinski definition) is 2. The summed E-state index contributed by atoms with van der Waals surface area (Å²) in [6, 6.07) is 10.9. The summed E-state index contributed by atoms with van der Waals surface area (Å²) in [6.07, 6.45) is 2.18. The quantitative estimate of drug-likeness (QED) is 0.869. The van der Waals surface area contributed by atoms with Crippen LogP contribution in [-0.2, 0) is 6.42 Å².